The predicted octanol–water partition coefficient (Wildman–Crippen LogP) is 2.61. The number of fused-ring (bicyclic) bond motifs is 1. The molecule has 27 heavy (non-hydrogen) atoms. The van der Waals surface area contributed by atoms with Crippen molar-refractivity contribution in [3.8, 4) is 0 Å². The highest BCUT2D eigenvalue weighted by Gasteiger charge is 2.38. The summed E-state index contributed by atoms with van der Waals surface area (Å²) in [5.41, 5.74) is 0.737. The van der Waals surface area contributed by atoms with Gasteiger partial charge >= 0.3 is 11.9 Å². The topological polar surface area (TPSA) is 90.0 Å². The molecule has 1 saturated heterocycles. The Kier molecular flexibility index (Phi) is 4.16. The first-order valence-electron chi connectivity index (χ1n) is 8.12. The number of carbonyl (C=O) groups excluding carboxylic acids is 4. The quantitative estimate of drug-likeness (QED) is 0.596. The molecule has 1 atom stereocenters. The number of rotatable bonds is 3. The van der Waals surface area contributed by atoms with Gasteiger partial charge in [0.1, 0.15) is 0 Å². The molecule has 2 aliphatic heterocycles. The monoisotopic (exact) mass is 385 g/mol. The Morgan fingerprint density at radius 3 is 2.41 bits per heavy atom. The van der Waals surface area contributed by atoms with Gasteiger partial charge in [0.05, 0.1) is 29.0 Å². The van der Waals surface area contributed by atoms with Gasteiger partial charge in [0, 0.05) is 11.4 Å². The van der Waals surface area contributed by atoms with Crippen LogP contribution in [0.4, 0.5) is 5.69 Å². The normalized spacial score (nSPS) is 18.5. The number of nitrogens with zero attached hydrogens (tertiary/aromatic N) is 1. The number of carbonyl (C=O) groups is 4. The standard InChI is InChI=1S/C19H12ClNO6/c20-11-2-4-12(5-3-11)21-16(22)13-6-1-10(9-14(13)17(21)23)18(24)27-15-7-8-26-19(15)25/h1-6,9,15H,7-8H2/t15-/m0/s1. The molecule has 136 valence electrons. The second kappa shape index (κ2) is 6.51. The molecule has 2 aliphatic rings. The summed E-state index contributed by atoms with van der Waals surface area (Å²) in [5.74, 6) is -2.39. The van der Waals surface area contributed by atoms with E-state index < -0.39 is 29.9 Å². The average Bonchev–Trinajstić information content (AvgIpc) is 3.17. The minimum atomic E-state index is -0.950. The molecular formula is C19H12ClNO6. The van der Waals surface area contributed by atoms with Gasteiger partial charge in [0.2, 0.25) is 6.10 Å². The van der Waals surface area contributed by atoms with Gasteiger partial charge in [0.25, 0.3) is 11.8 Å². The van der Waals surface area contributed by atoms with Crippen LogP contribution in [0.5, 0.6) is 0 Å². The molecule has 2 aromatic carbocycles. The van der Waals surface area contributed by atoms with E-state index >= 15 is 0 Å². The van der Waals surface area contributed by atoms with Crippen LogP contribution in [0.1, 0.15) is 37.5 Å². The van der Waals surface area contributed by atoms with E-state index in [4.69, 9.17) is 21.1 Å². The van der Waals surface area contributed by atoms with E-state index in [-0.39, 0.29) is 29.7 Å². The largest absolute Gasteiger partial charge is 0.463 e. The van der Waals surface area contributed by atoms with Gasteiger partial charge in [0.15, 0.2) is 0 Å². The van der Waals surface area contributed by atoms with Crippen molar-refractivity contribution in [2.24, 2.45) is 0 Å². The van der Waals surface area contributed by atoms with E-state index in [0.29, 0.717) is 10.7 Å². The van der Waals surface area contributed by atoms with Crippen LogP contribution >= 0.6 is 11.6 Å². The molecule has 0 aromatic heterocycles. The second-order valence-corrected chi connectivity index (χ2v) is 6.47. The zero-order valence-electron chi connectivity index (χ0n) is 13.8. The van der Waals surface area contributed by atoms with Crippen molar-refractivity contribution in [3.63, 3.8) is 0 Å². The maximum absolute atomic E-state index is 12.7. The van der Waals surface area contributed by atoms with E-state index in [1.165, 1.54) is 18.2 Å². The number of amides is 2. The van der Waals surface area contributed by atoms with Crippen molar-refractivity contribution in [1.82, 2.24) is 0 Å². The molecule has 2 amide bonds. The molecule has 0 spiro atoms. The fraction of sp³-hybridized carbons (Fsp3) is 0.158. The molecule has 0 bridgehead atoms. The Morgan fingerprint density at radius 2 is 1.74 bits per heavy atom. The minimum Gasteiger partial charge on any atom is -0.463 e. The summed E-state index contributed by atoms with van der Waals surface area (Å²) in [6.45, 7) is 0.198. The lowest BCUT2D eigenvalue weighted by atomic mass is 10.1. The van der Waals surface area contributed by atoms with Crippen LogP contribution in [-0.4, -0.2) is 36.5 Å². The van der Waals surface area contributed by atoms with Crippen molar-refractivity contribution in [2.45, 2.75) is 12.5 Å². The van der Waals surface area contributed by atoms with E-state index in [1.54, 1.807) is 24.3 Å². The Labute approximate surface area is 158 Å². The summed E-state index contributed by atoms with van der Waals surface area (Å²) < 4.78 is 9.87. The lowest BCUT2D eigenvalue weighted by Gasteiger charge is -2.13. The van der Waals surface area contributed by atoms with Crippen molar-refractivity contribution >= 4 is 41.0 Å². The molecule has 0 aliphatic carbocycles. The van der Waals surface area contributed by atoms with Crippen molar-refractivity contribution in [3.05, 3.63) is 64.2 Å². The summed E-state index contributed by atoms with van der Waals surface area (Å²) in [6, 6.07) is 10.4. The van der Waals surface area contributed by atoms with Gasteiger partial charge in [-0.3, -0.25) is 9.59 Å². The van der Waals surface area contributed by atoms with Crippen LogP contribution in [0.25, 0.3) is 0 Å². The lowest BCUT2D eigenvalue weighted by Crippen LogP contribution is -2.29. The molecule has 2 heterocycles. The number of esters is 2. The first-order valence-corrected chi connectivity index (χ1v) is 8.49. The Morgan fingerprint density at radius 1 is 1.04 bits per heavy atom. The van der Waals surface area contributed by atoms with Gasteiger partial charge in [-0.15, -0.1) is 0 Å². The van der Waals surface area contributed by atoms with Crippen LogP contribution in [0.15, 0.2) is 42.5 Å². The van der Waals surface area contributed by atoms with Crippen LogP contribution < -0.4 is 4.90 Å². The fourth-order valence-electron chi connectivity index (χ4n) is 2.97. The SMILES string of the molecule is O=C(O[C@H]1CCOC1=O)c1ccc2c(c1)C(=O)N(c1ccc(Cl)cc1)C2=O. The zero-order chi connectivity index (χ0) is 19.1. The molecule has 7 nitrogen and oxygen atoms in total. The maximum Gasteiger partial charge on any atom is 0.347 e. The summed E-state index contributed by atoms with van der Waals surface area (Å²) in [5, 5.41) is 0.478. The van der Waals surface area contributed by atoms with E-state index in [0.717, 1.165) is 4.90 Å². The highest BCUT2D eigenvalue weighted by molar-refractivity contribution is 6.35. The van der Waals surface area contributed by atoms with Crippen molar-refractivity contribution < 1.29 is 28.7 Å². The van der Waals surface area contributed by atoms with Gasteiger partial charge in [-0.1, -0.05) is 11.6 Å². The van der Waals surface area contributed by atoms with Crippen LogP contribution in [0, 0.1) is 0 Å². The molecule has 8 heteroatoms. The lowest BCUT2D eigenvalue weighted by molar-refractivity contribution is -0.145. The van der Waals surface area contributed by atoms with Crippen LogP contribution in [0.2, 0.25) is 5.02 Å². The number of imide groups is 1. The first-order chi connectivity index (χ1) is 13.0. The summed E-state index contributed by atoms with van der Waals surface area (Å²) in [7, 11) is 0. The minimum absolute atomic E-state index is 0.0764. The summed E-state index contributed by atoms with van der Waals surface area (Å²) >= 11 is 5.84. The van der Waals surface area contributed by atoms with Crippen molar-refractivity contribution in [1.29, 1.82) is 0 Å². The van der Waals surface area contributed by atoms with Gasteiger partial charge in [-0.25, -0.2) is 14.5 Å². The van der Waals surface area contributed by atoms with Crippen LogP contribution in [-0.2, 0) is 14.3 Å². The summed E-state index contributed by atoms with van der Waals surface area (Å²) in [4.78, 5) is 50.0. The van der Waals surface area contributed by atoms with Crippen LogP contribution in [0.3, 0.4) is 0 Å². The number of benzene rings is 2. The number of halogens is 1. The highest BCUT2D eigenvalue weighted by Crippen LogP contribution is 2.30. The second-order valence-electron chi connectivity index (χ2n) is 6.03. The number of cyclic esters (lactones) is 1. The molecule has 0 N–H and O–H groups in total. The Balaban J connectivity index is 1.61. The third kappa shape index (κ3) is 2.96. The number of hydrogen-bond donors (Lipinski definition) is 0. The van der Waals surface area contributed by atoms with Gasteiger partial charge in [-0.05, 0) is 42.5 Å². The molecule has 2 aromatic rings. The molecule has 1 fully saturated rings. The van der Waals surface area contributed by atoms with E-state index in [9.17, 15) is 19.2 Å². The van der Waals surface area contributed by atoms with Gasteiger partial charge in [-0.2, -0.15) is 0 Å². The third-order valence-corrected chi connectivity index (χ3v) is 4.60. The molecule has 0 radical (unpaired) electrons. The smallest absolute Gasteiger partial charge is 0.347 e. The molecule has 0 saturated carbocycles. The van der Waals surface area contributed by atoms with Gasteiger partial charge < -0.3 is 9.47 Å². The van der Waals surface area contributed by atoms with E-state index in [2.05, 4.69) is 0 Å². The third-order valence-electron chi connectivity index (χ3n) is 4.34. The Bertz CT molecular complexity index is 984. The maximum atomic E-state index is 12.7. The number of ether oxygens (including phenoxy) is 2. The van der Waals surface area contributed by atoms with Crippen molar-refractivity contribution in [2.75, 3.05) is 11.5 Å². The zero-order valence-corrected chi connectivity index (χ0v) is 14.6. The van der Waals surface area contributed by atoms with E-state index in [1.807, 2.05) is 0 Å². The highest BCUT2D eigenvalue weighted by atomic mass is 35.5. The first kappa shape index (κ1) is 17.2. The molecule has 4 rings (SSSR count). The Hall–Kier alpha value is -3.19. The average molecular weight is 386 g/mol. The number of anilines is 1. The summed E-state index contributed by atoms with van der Waals surface area (Å²) in [6.07, 6.45) is -0.661. The molecule has 0 unspecified atom stereocenters. The fourth-order valence-corrected chi connectivity index (χ4v) is 3.10. The number of hydrogen-bond acceptors (Lipinski definition) is 6. The predicted molar refractivity (Wildman–Crippen MR) is 93.8 cm³/mol. The molecular weight excluding hydrogens is 374 g/mol.